The number of piperidine rings is 1. The smallest absolute Gasteiger partial charge is 0.261 e. The molecule has 5 heteroatoms. The van der Waals surface area contributed by atoms with Crippen molar-refractivity contribution in [1.82, 2.24) is 9.80 Å². The van der Waals surface area contributed by atoms with E-state index in [0.717, 1.165) is 31.6 Å². The minimum Gasteiger partial charge on any atom is -0.382 e. The molecule has 0 bridgehead atoms. The van der Waals surface area contributed by atoms with Crippen molar-refractivity contribution in [3.05, 3.63) is 29.3 Å². The van der Waals surface area contributed by atoms with Crippen molar-refractivity contribution in [2.45, 2.75) is 18.9 Å². The molecule has 2 amide bonds. The lowest BCUT2D eigenvalue weighted by Gasteiger charge is -2.30. The molecule has 1 fully saturated rings. The van der Waals surface area contributed by atoms with E-state index in [1.165, 1.54) is 11.9 Å². The maximum atomic E-state index is 12.0. The Morgan fingerprint density at radius 1 is 1.05 bits per heavy atom. The number of hydrogen-bond acceptors (Lipinski definition) is 4. The van der Waals surface area contributed by atoms with Gasteiger partial charge in [-0.3, -0.25) is 14.5 Å². The summed E-state index contributed by atoms with van der Waals surface area (Å²) in [5.41, 5.74) is 1.94. The van der Waals surface area contributed by atoms with Gasteiger partial charge in [-0.1, -0.05) is 0 Å². The van der Waals surface area contributed by atoms with Crippen LogP contribution in [0.5, 0.6) is 0 Å². The molecular formula is C15H19N3O2. The molecule has 5 nitrogen and oxygen atoms in total. The van der Waals surface area contributed by atoms with Crippen LogP contribution in [0.3, 0.4) is 0 Å². The molecule has 2 aliphatic rings. The monoisotopic (exact) mass is 273 g/mol. The fourth-order valence-electron chi connectivity index (χ4n) is 2.84. The molecule has 2 heterocycles. The predicted molar refractivity (Wildman–Crippen MR) is 77.0 cm³/mol. The van der Waals surface area contributed by atoms with E-state index >= 15 is 0 Å². The van der Waals surface area contributed by atoms with Crippen LogP contribution in [0.25, 0.3) is 0 Å². The molecule has 1 N–H and O–H groups in total. The van der Waals surface area contributed by atoms with Crippen molar-refractivity contribution in [2.75, 3.05) is 32.5 Å². The van der Waals surface area contributed by atoms with Gasteiger partial charge in [0.15, 0.2) is 0 Å². The molecular weight excluding hydrogens is 254 g/mol. The van der Waals surface area contributed by atoms with E-state index in [1.807, 2.05) is 6.07 Å². The number of amides is 2. The first kappa shape index (κ1) is 13.1. The quantitative estimate of drug-likeness (QED) is 0.828. The van der Waals surface area contributed by atoms with Crippen molar-refractivity contribution in [3.63, 3.8) is 0 Å². The van der Waals surface area contributed by atoms with Gasteiger partial charge in [-0.25, -0.2) is 0 Å². The Kier molecular flexibility index (Phi) is 3.22. The summed E-state index contributed by atoms with van der Waals surface area (Å²) >= 11 is 0. The number of likely N-dealkylation sites (tertiary alicyclic amines) is 1. The van der Waals surface area contributed by atoms with Gasteiger partial charge in [0.25, 0.3) is 11.8 Å². The van der Waals surface area contributed by atoms with Crippen LogP contribution in [-0.2, 0) is 0 Å². The lowest BCUT2D eigenvalue weighted by molar-refractivity contribution is 0.0693. The van der Waals surface area contributed by atoms with Crippen LogP contribution < -0.4 is 5.32 Å². The van der Waals surface area contributed by atoms with Crippen LogP contribution >= 0.6 is 0 Å². The van der Waals surface area contributed by atoms with Gasteiger partial charge in [-0.15, -0.1) is 0 Å². The zero-order chi connectivity index (χ0) is 14.3. The number of rotatable bonds is 2. The number of benzene rings is 1. The molecule has 0 radical (unpaired) electrons. The number of carbonyl (C=O) groups is 2. The average molecular weight is 273 g/mol. The van der Waals surface area contributed by atoms with Gasteiger partial charge in [0.1, 0.15) is 0 Å². The molecule has 106 valence electrons. The van der Waals surface area contributed by atoms with Crippen molar-refractivity contribution in [1.29, 1.82) is 0 Å². The van der Waals surface area contributed by atoms with Crippen LogP contribution in [-0.4, -0.2) is 54.8 Å². The van der Waals surface area contributed by atoms with Crippen LogP contribution in [0.2, 0.25) is 0 Å². The molecule has 0 aromatic heterocycles. The summed E-state index contributed by atoms with van der Waals surface area (Å²) in [7, 11) is 3.65. The summed E-state index contributed by atoms with van der Waals surface area (Å²) in [5.74, 6) is -0.423. The highest BCUT2D eigenvalue weighted by Gasteiger charge is 2.32. The molecule has 0 unspecified atom stereocenters. The molecule has 0 aliphatic carbocycles. The van der Waals surface area contributed by atoms with Crippen molar-refractivity contribution < 1.29 is 9.59 Å². The van der Waals surface area contributed by atoms with Gasteiger partial charge in [0.2, 0.25) is 0 Å². The Labute approximate surface area is 118 Å². The number of anilines is 1. The molecule has 1 saturated heterocycles. The van der Waals surface area contributed by atoms with E-state index in [2.05, 4.69) is 17.3 Å². The van der Waals surface area contributed by atoms with Crippen LogP contribution in [0, 0.1) is 0 Å². The largest absolute Gasteiger partial charge is 0.382 e. The molecule has 0 saturated carbocycles. The van der Waals surface area contributed by atoms with Gasteiger partial charge in [0.05, 0.1) is 11.1 Å². The maximum Gasteiger partial charge on any atom is 0.261 e. The van der Waals surface area contributed by atoms with Gasteiger partial charge >= 0.3 is 0 Å². The molecule has 20 heavy (non-hydrogen) atoms. The molecule has 3 rings (SSSR count). The maximum absolute atomic E-state index is 12.0. The highest BCUT2D eigenvalue weighted by Crippen LogP contribution is 2.26. The second-order valence-corrected chi connectivity index (χ2v) is 5.65. The molecule has 1 aromatic rings. The van der Waals surface area contributed by atoms with Crippen LogP contribution in [0.1, 0.15) is 33.6 Å². The van der Waals surface area contributed by atoms with Crippen LogP contribution in [0.4, 0.5) is 5.69 Å². The average Bonchev–Trinajstić information content (AvgIpc) is 2.66. The van der Waals surface area contributed by atoms with Gasteiger partial charge in [-0.05, 0) is 51.2 Å². The van der Waals surface area contributed by atoms with Crippen molar-refractivity contribution in [2.24, 2.45) is 0 Å². The molecule has 0 atom stereocenters. The van der Waals surface area contributed by atoms with E-state index in [4.69, 9.17) is 0 Å². The first-order valence-electron chi connectivity index (χ1n) is 6.98. The summed E-state index contributed by atoms with van der Waals surface area (Å²) in [6, 6.07) is 5.88. The molecule has 0 spiro atoms. The van der Waals surface area contributed by atoms with Crippen molar-refractivity contribution >= 4 is 17.5 Å². The van der Waals surface area contributed by atoms with E-state index in [1.54, 1.807) is 12.1 Å². The zero-order valence-corrected chi connectivity index (χ0v) is 11.8. The Morgan fingerprint density at radius 2 is 1.70 bits per heavy atom. The highest BCUT2D eigenvalue weighted by atomic mass is 16.2. The lowest BCUT2D eigenvalue weighted by atomic mass is 10.0. The van der Waals surface area contributed by atoms with Gasteiger partial charge in [-0.2, -0.15) is 0 Å². The zero-order valence-electron chi connectivity index (χ0n) is 11.8. The van der Waals surface area contributed by atoms with Crippen LogP contribution in [0.15, 0.2) is 18.2 Å². The van der Waals surface area contributed by atoms with E-state index in [9.17, 15) is 9.59 Å². The minimum atomic E-state index is -0.212. The number of nitrogens with zero attached hydrogens (tertiary/aromatic N) is 2. The summed E-state index contributed by atoms with van der Waals surface area (Å²) < 4.78 is 0. The third-order valence-corrected chi connectivity index (χ3v) is 4.18. The summed E-state index contributed by atoms with van der Waals surface area (Å²) in [4.78, 5) is 27.3. The summed E-state index contributed by atoms with van der Waals surface area (Å²) in [6.45, 7) is 2.17. The highest BCUT2D eigenvalue weighted by molar-refractivity contribution is 6.21. The normalized spacial score (nSPS) is 20.4. The topological polar surface area (TPSA) is 52.7 Å². The predicted octanol–water partition coefficient (Wildman–Crippen LogP) is 1.42. The standard InChI is InChI=1S/C15H19N3O2/c1-17-7-5-10(6-8-17)16-11-3-4-12-13(9-11)15(20)18(2)14(12)19/h3-4,9-10,16H,5-8H2,1-2H3. The van der Waals surface area contributed by atoms with E-state index in [0.29, 0.717) is 17.2 Å². The van der Waals surface area contributed by atoms with Gasteiger partial charge < -0.3 is 10.2 Å². The Balaban J connectivity index is 1.77. The van der Waals surface area contributed by atoms with E-state index < -0.39 is 0 Å². The fourth-order valence-corrected chi connectivity index (χ4v) is 2.84. The van der Waals surface area contributed by atoms with Gasteiger partial charge in [0, 0.05) is 18.8 Å². The summed E-state index contributed by atoms with van der Waals surface area (Å²) in [6.07, 6.45) is 2.20. The third kappa shape index (κ3) is 2.18. The Hall–Kier alpha value is -1.88. The number of hydrogen-bond donors (Lipinski definition) is 1. The van der Waals surface area contributed by atoms with E-state index in [-0.39, 0.29) is 11.8 Å². The molecule has 2 aliphatic heterocycles. The second-order valence-electron chi connectivity index (χ2n) is 5.65. The first-order chi connectivity index (χ1) is 9.56. The molecule has 1 aromatic carbocycles. The second kappa shape index (κ2) is 4.90. The number of nitrogens with one attached hydrogen (secondary N) is 1. The lowest BCUT2D eigenvalue weighted by Crippen LogP contribution is -2.36. The fraction of sp³-hybridized carbons (Fsp3) is 0.467. The number of fused-ring (bicyclic) bond motifs is 1. The minimum absolute atomic E-state index is 0.211. The first-order valence-corrected chi connectivity index (χ1v) is 6.98. The number of imide groups is 1. The third-order valence-electron chi connectivity index (χ3n) is 4.18. The Bertz CT molecular complexity index is 562. The number of carbonyl (C=O) groups excluding carboxylic acids is 2. The van der Waals surface area contributed by atoms with Crippen molar-refractivity contribution in [3.8, 4) is 0 Å². The SMILES string of the molecule is CN1CCC(Nc2ccc3c(c2)C(=O)N(C)C3=O)CC1. The summed E-state index contributed by atoms with van der Waals surface area (Å²) in [5, 5.41) is 3.47. The Morgan fingerprint density at radius 3 is 2.40 bits per heavy atom.